The van der Waals surface area contributed by atoms with Crippen molar-refractivity contribution in [3.8, 4) is 5.75 Å². The molecule has 1 amide bonds. The first-order valence-electron chi connectivity index (χ1n) is 10.3. The van der Waals surface area contributed by atoms with Crippen LogP contribution in [0.2, 0.25) is 10.0 Å². The fourth-order valence-electron chi connectivity index (χ4n) is 3.52. The predicted molar refractivity (Wildman–Crippen MR) is 131 cm³/mol. The largest absolute Gasteiger partial charge is 0.481 e. The molecule has 0 aliphatic carbocycles. The molecule has 0 bridgehead atoms. The molecular weight excluding hydrogens is 461 g/mol. The molecule has 0 aliphatic heterocycles. The average molecular weight is 482 g/mol. The van der Waals surface area contributed by atoms with Crippen LogP contribution in [0.5, 0.6) is 5.75 Å². The molecule has 1 unspecified atom stereocenters. The van der Waals surface area contributed by atoms with Gasteiger partial charge in [0.15, 0.2) is 11.9 Å². The van der Waals surface area contributed by atoms with Gasteiger partial charge in [0.2, 0.25) is 5.78 Å². The Bertz CT molecular complexity index is 1340. The quantitative estimate of drug-likeness (QED) is 0.301. The standard InChI is InChI=1S/C26H21Cl2NO4/c1-14-12-19(13-15(2)22(14)28)32-16(3)26(31)29-23-20-6-4-5-7-21(20)33-25(23)24(30)17-8-10-18(27)11-9-17/h4-13,16H,1-3H3,(H,29,31). The maximum absolute atomic E-state index is 13.2. The number of rotatable bonds is 6. The van der Waals surface area contributed by atoms with Crippen LogP contribution in [0, 0.1) is 13.8 Å². The van der Waals surface area contributed by atoms with Crippen LogP contribution in [-0.2, 0) is 4.79 Å². The number of hydrogen-bond donors (Lipinski definition) is 1. The van der Waals surface area contributed by atoms with Crippen LogP contribution >= 0.6 is 23.2 Å². The number of furan rings is 1. The van der Waals surface area contributed by atoms with Crippen molar-refractivity contribution < 1.29 is 18.7 Å². The molecule has 4 aromatic rings. The number of hydrogen-bond acceptors (Lipinski definition) is 4. The second-order valence-electron chi connectivity index (χ2n) is 7.76. The van der Waals surface area contributed by atoms with Gasteiger partial charge >= 0.3 is 0 Å². The second kappa shape index (κ2) is 9.30. The highest BCUT2D eigenvalue weighted by atomic mass is 35.5. The van der Waals surface area contributed by atoms with Crippen molar-refractivity contribution in [2.45, 2.75) is 26.9 Å². The van der Waals surface area contributed by atoms with Crippen molar-refractivity contribution >= 4 is 51.5 Å². The van der Waals surface area contributed by atoms with Gasteiger partial charge in [-0.2, -0.15) is 0 Å². The van der Waals surface area contributed by atoms with Crippen LogP contribution in [0.1, 0.15) is 34.2 Å². The summed E-state index contributed by atoms with van der Waals surface area (Å²) in [6.45, 7) is 5.38. The van der Waals surface area contributed by atoms with E-state index in [0.29, 0.717) is 38.0 Å². The van der Waals surface area contributed by atoms with Crippen molar-refractivity contribution in [3.63, 3.8) is 0 Å². The third-order valence-electron chi connectivity index (χ3n) is 5.25. The average Bonchev–Trinajstić information content (AvgIpc) is 3.15. The Morgan fingerprint density at radius 2 is 1.61 bits per heavy atom. The molecule has 33 heavy (non-hydrogen) atoms. The highest BCUT2D eigenvalue weighted by Crippen LogP contribution is 2.33. The highest BCUT2D eigenvalue weighted by molar-refractivity contribution is 6.32. The van der Waals surface area contributed by atoms with E-state index in [1.807, 2.05) is 19.9 Å². The van der Waals surface area contributed by atoms with E-state index in [-0.39, 0.29) is 11.5 Å². The van der Waals surface area contributed by atoms with Gasteiger partial charge in [-0.1, -0.05) is 35.3 Å². The Labute approximate surface area is 201 Å². The van der Waals surface area contributed by atoms with E-state index in [1.54, 1.807) is 61.5 Å². The molecule has 0 aliphatic rings. The van der Waals surface area contributed by atoms with Gasteiger partial charge in [-0.25, -0.2) is 0 Å². The number of anilines is 1. The summed E-state index contributed by atoms with van der Waals surface area (Å²) in [7, 11) is 0. The lowest BCUT2D eigenvalue weighted by atomic mass is 10.1. The minimum Gasteiger partial charge on any atom is -0.481 e. The second-order valence-corrected chi connectivity index (χ2v) is 8.57. The third-order valence-corrected chi connectivity index (χ3v) is 6.10. The van der Waals surface area contributed by atoms with Crippen molar-refractivity contribution in [2.75, 3.05) is 5.32 Å². The van der Waals surface area contributed by atoms with Crippen LogP contribution in [0.4, 0.5) is 5.69 Å². The van der Waals surface area contributed by atoms with E-state index >= 15 is 0 Å². The number of para-hydroxylation sites is 1. The van der Waals surface area contributed by atoms with Crippen molar-refractivity contribution in [3.05, 3.63) is 93.2 Å². The highest BCUT2D eigenvalue weighted by Gasteiger charge is 2.25. The Morgan fingerprint density at radius 3 is 2.27 bits per heavy atom. The molecule has 1 aromatic heterocycles. The molecule has 168 valence electrons. The fourth-order valence-corrected chi connectivity index (χ4v) is 3.75. The summed E-state index contributed by atoms with van der Waals surface area (Å²) in [6.07, 6.45) is -0.836. The van der Waals surface area contributed by atoms with Crippen LogP contribution in [0.3, 0.4) is 0 Å². The number of aryl methyl sites for hydroxylation is 2. The molecule has 0 saturated carbocycles. The number of carbonyl (C=O) groups is 2. The van der Waals surface area contributed by atoms with E-state index in [2.05, 4.69) is 5.32 Å². The van der Waals surface area contributed by atoms with E-state index in [9.17, 15) is 9.59 Å². The molecule has 4 rings (SSSR count). The van der Waals surface area contributed by atoms with Crippen LogP contribution < -0.4 is 10.1 Å². The number of ether oxygens (including phenoxy) is 1. The Balaban J connectivity index is 1.63. The van der Waals surface area contributed by atoms with Gasteiger partial charge in [0.05, 0.1) is 5.69 Å². The molecule has 0 radical (unpaired) electrons. The molecule has 7 heteroatoms. The van der Waals surface area contributed by atoms with Gasteiger partial charge in [0, 0.05) is 21.0 Å². The number of fused-ring (bicyclic) bond motifs is 1. The van der Waals surface area contributed by atoms with Gasteiger partial charge in [-0.05, 0) is 80.4 Å². The Morgan fingerprint density at radius 1 is 0.970 bits per heavy atom. The summed E-state index contributed by atoms with van der Waals surface area (Å²) < 4.78 is 11.7. The van der Waals surface area contributed by atoms with Gasteiger partial charge in [0.1, 0.15) is 11.3 Å². The number of nitrogens with one attached hydrogen (secondary N) is 1. The maximum atomic E-state index is 13.2. The van der Waals surface area contributed by atoms with Crippen LogP contribution in [0.15, 0.2) is 65.1 Å². The third kappa shape index (κ3) is 4.75. The van der Waals surface area contributed by atoms with E-state index in [0.717, 1.165) is 11.1 Å². The Kier molecular flexibility index (Phi) is 6.45. The first kappa shape index (κ1) is 22.9. The summed E-state index contributed by atoms with van der Waals surface area (Å²) in [5.74, 6) is -0.212. The molecule has 0 spiro atoms. The summed E-state index contributed by atoms with van der Waals surface area (Å²) in [6, 6.07) is 17.2. The molecule has 1 N–H and O–H groups in total. The molecule has 5 nitrogen and oxygen atoms in total. The molecule has 3 aromatic carbocycles. The number of carbonyl (C=O) groups excluding carboxylic acids is 2. The summed E-state index contributed by atoms with van der Waals surface area (Å²) >= 11 is 12.2. The van der Waals surface area contributed by atoms with Crippen molar-refractivity contribution in [1.29, 1.82) is 0 Å². The van der Waals surface area contributed by atoms with Crippen molar-refractivity contribution in [2.24, 2.45) is 0 Å². The van der Waals surface area contributed by atoms with E-state index in [4.69, 9.17) is 32.4 Å². The smallest absolute Gasteiger partial charge is 0.265 e. The number of benzene rings is 3. The first-order valence-corrected chi connectivity index (χ1v) is 11.1. The minimum absolute atomic E-state index is 0.0391. The molecule has 1 heterocycles. The minimum atomic E-state index is -0.836. The van der Waals surface area contributed by atoms with Crippen LogP contribution in [0.25, 0.3) is 11.0 Å². The number of halogens is 2. The first-order chi connectivity index (χ1) is 15.7. The lowest BCUT2D eigenvalue weighted by Crippen LogP contribution is -2.30. The summed E-state index contributed by atoms with van der Waals surface area (Å²) in [5.41, 5.74) is 2.90. The van der Waals surface area contributed by atoms with E-state index < -0.39 is 12.0 Å². The zero-order valence-electron chi connectivity index (χ0n) is 18.2. The van der Waals surface area contributed by atoms with Gasteiger partial charge in [-0.3, -0.25) is 9.59 Å². The monoisotopic (exact) mass is 481 g/mol. The van der Waals surface area contributed by atoms with Crippen molar-refractivity contribution in [1.82, 2.24) is 0 Å². The lowest BCUT2D eigenvalue weighted by molar-refractivity contribution is -0.122. The zero-order chi connectivity index (χ0) is 23.7. The molecule has 0 saturated heterocycles. The number of ketones is 1. The SMILES string of the molecule is Cc1cc(OC(C)C(=O)Nc2c(C(=O)c3ccc(Cl)cc3)oc3ccccc23)cc(C)c1Cl. The molecular formula is C26H21Cl2NO4. The predicted octanol–water partition coefficient (Wildman–Crippen LogP) is 6.99. The molecule has 0 fully saturated rings. The van der Waals surface area contributed by atoms with Gasteiger partial charge in [-0.15, -0.1) is 0 Å². The van der Waals surface area contributed by atoms with Crippen LogP contribution in [-0.4, -0.2) is 17.8 Å². The van der Waals surface area contributed by atoms with E-state index in [1.165, 1.54) is 0 Å². The maximum Gasteiger partial charge on any atom is 0.265 e. The Hall–Kier alpha value is -3.28. The van der Waals surface area contributed by atoms with Gasteiger partial charge in [0.25, 0.3) is 5.91 Å². The zero-order valence-corrected chi connectivity index (χ0v) is 19.8. The number of amides is 1. The fraction of sp³-hybridized carbons (Fsp3) is 0.154. The lowest BCUT2D eigenvalue weighted by Gasteiger charge is -2.16. The normalized spacial score (nSPS) is 11.9. The summed E-state index contributed by atoms with van der Waals surface area (Å²) in [5, 5.41) is 4.62. The molecule has 1 atom stereocenters. The topological polar surface area (TPSA) is 68.5 Å². The van der Waals surface area contributed by atoms with Gasteiger partial charge < -0.3 is 14.5 Å². The summed E-state index contributed by atoms with van der Waals surface area (Å²) in [4.78, 5) is 26.2.